The van der Waals surface area contributed by atoms with Crippen molar-refractivity contribution in [1.82, 2.24) is 4.90 Å². The molecule has 2 unspecified atom stereocenters. The molecule has 2 aromatic rings. The van der Waals surface area contributed by atoms with Gasteiger partial charge in [-0.25, -0.2) is 8.78 Å². The monoisotopic (exact) mass is 393 g/mol. The molecule has 152 valence electrons. The number of ether oxygens (including phenoxy) is 3. The molecule has 1 fully saturated rings. The van der Waals surface area contributed by atoms with Crippen molar-refractivity contribution in [1.29, 1.82) is 0 Å². The highest BCUT2D eigenvalue weighted by Gasteiger charge is 2.23. The molecular formula is C21H25F2NO4. The minimum absolute atomic E-state index is 0.00575. The highest BCUT2D eigenvalue weighted by atomic mass is 19.1. The first kappa shape index (κ1) is 20.5. The van der Waals surface area contributed by atoms with E-state index in [9.17, 15) is 13.9 Å². The van der Waals surface area contributed by atoms with Crippen LogP contribution < -0.4 is 9.47 Å². The Hall–Kier alpha value is -2.22. The van der Waals surface area contributed by atoms with Crippen molar-refractivity contribution in [2.24, 2.45) is 0 Å². The fraction of sp³-hybridized carbons (Fsp3) is 0.429. The molecule has 1 aliphatic heterocycles. The van der Waals surface area contributed by atoms with Crippen molar-refractivity contribution in [2.75, 3.05) is 39.5 Å². The lowest BCUT2D eigenvalue weighted by atomic mass is 10.2. The number of halogens is 2. The Labute approximate surface area is 163 Å². The molecular weight excluding hydrogens is 368 g/mol. The summed E-state index contributed by atoms with van der Waals surface area (Å²) >= 11 is 0. The van der Waals surface area contributed by atoms with Crippen LogP contribution in [0.15, 0.2) is 42.5 Å². The number of aryl methyl sites for hydroxylation is 1. The summed E-state index contributed by atoms with van der Waals surface area (Å²) in [6, 6.07) is 10.9. The number of nitrogens with zero attached hydrogens (tertiary/aromatic N) is 1. The topological polar surface area (TPSA) is 51.2 Å². The molecule has 1 aliphatic rings. The second-order valence-electron chi connectivity index (χ2n) is 6.87. The number of rotatable bonds is 8. The van der Waals surface area contributed by atoms with E-state index in [1.807, 2.05) is 31.2 Å². The maximum Gasteiger partial charge on any atom is 0.167 e. The van der Waals surface area contributed by atoms with Gasteiger partial charge in [-0.15, -0.1) is 0 Å². The third kappa shape index (κ3) is 5.89. The number of hydrogen-bond acceptors (Lipinski definition) is 5. The SMILES string of the molecule is Cc1ccccc1OCC(O)CN1CCOC(COc2ccc(F)cc2F)C1. The fourth-order valence-electron chi connectivity index (χ4n) is 3.08. The van der Waals surface area contributed by atoms with Gasteiger partial charge in [0.2, 0.25) is 0 Å². The Morgan fingerprint density at radius 3 is 2.79 bits per heavy atom. The largest absolute Gasteiger partial charge is 0.491 e. The van der Waals surface area contributed by atoms with Crippen LogP contribution >= 0.6 is 0 Å². The molecule has 0 amide bonds. The molecule has 5 nitrogen and oxygen atoms in total. The molecule has 0 radical (unpaired) electrons. The summed E-state index contributed by atoms with van der Waals surface area (Å²) in [7, 11) is 0. The number of aliphatic hydroxyl groups is 1. The Balaban J connectivity index is 1.43. The summed E-state index contributed by atoms with van der Waals surface area (Å²) < 4.78 is 43.3. The highest BCUT2D eigenvalue weighted by Crippen LogP contribution is 2.19. The number of para-hydroxylation sites is 1. The normalized spacial score (nSPS) is 18.6. The average Bonchev–Trinajstić information content (AvgIpc) is 2.67. The number of hydrogen-bond donors (Lipinski definition) is 1. The Bertz CT molecular complexity index is 774. The molecule has 0 aromatic heterocycles. The second-order valence-corrected chi connectivity index (χ2v) is 6.87. The van der Waals surface area contributed by atoms with E-state index >= 15 is 0 Å². The van der Waals surface area contributed by atoms with Gasteiger partial charge in [0.15, 0.2) is 11.6 Å². The van der Waals surface area contributed by atoms with Gasteiger partial charge >= 0.3 is 0 Å². The predicted molar refractivity (Wildman–Crippen MR) is 101 cm³/mol. The fourth-order valence-corrected chi connectivity index (χ4v) is 3.08. The van der Waals surface area contributed by atoms with E-state index in [0.29, 0.717) is 26.2 Å². The predicted octanol–water partition coefficient (Wildman–Crippen LogP) is 2.79. The number of β-amino-alcohol motifs (C(OH)–C–C–N with tert-alkyl or cyclic N) is 1. The molecule has 1 heterocycles. The first-order valence-corrected chi connectivity index (χ1v) is 9.29. The smallest absolute Gasteiger partial charge is 0.167 e. The minimum atomic E-state index is -0.739. The van der Waals surface area contributed by atoms with E-state index in [2.05, 4.69) is 4.90 Å². The zero-order valence-corrected chi connectivity index (χ0v) is 15.8. The van der Waals surface area contributed by atoms with Crippen LogP contribution in [0.25, 0.3) is 0 Å². The van der Waals surface area contributed by atoms with Gasteiger partial charge in [0.05, 0.1) is 6.61 Å². The van der Waals surface area contributed by atoms with Gasteiger partial charge in [0.25, 0.3) is 0 Å². The van der Waals surface area contributed by atoms with E-state index < -0.39 is 17.7 Å². The summed E-state index contributed by atoms with van der Waals surface area (Å²) in [4.78, 5) is 2.06. The molecule has 0 aliphatic carbocycles. The van der Waals surface area contributed by atoms with Gasteiger partial charge in [-0.3, -0.25) is 4.90 Å². The lowest BCUT2D eigenvalue weighted by molar-refractivity contribution is -0.0604. The van der Waals surface area contributed by atoms with Crippen molar-refractivity contribution in [3.05, 3.63) is 59.7 Å². The van der Waals surface area contributed by atoms with Crippen molar-refractivity contribution in [3.63, 3.8) is 0 Å². The van der Waals surface area contributed by atoms with Gasteiger partial charge in [0.1, 0.15) is 37.0 Å². The number of benzene rings is 2. The standard InChI is InChI=1S/C21H25F2NO4/c1-15-4-2-3-5-20(15)27-13-17(25)11-24-8-9-26-18(12-24)14-28-21-7-6-16(22)10-19(21)23/h2-7,10,17-18,25H,8-9,11-14H2,1H3. The zero-order chi connectivity index (χ0) is 19.9. The van der Waals surface area contributed by atoms with E-state index in [-0.39, 0.29) is 25.1 Å². The van der Waals surface area contributed by atoms with Crippen LogP contribution in [0.3, 0.4) is 0 Å². The summed E-state index contributed by atoms with van der Waals surface area (Å²) in [5, 5.41) is 10.3. The van der Waals surface area contributed by atoms with Gasteiger partial charge < -0.3 is 19.3 Å². The van der Waals surface area contributed by atoms with Gasteiger partial charge in [0, 0.05) is 25.7 Å². The zero-order valence-electron chi connectivity index (χ0n) is 15.8. The van der Waals surface area contributed by atoms with Gasteiger partial charge in [-0.2, -0.15) is 0 Å². The van der Waals surface area contributed by atoms with Crippen LogP contribution in [0.4, 0.5) is 8.78 Å². The van der Waals surface area contributed by atoms with E-state index in [0.717, 1.165) is 23.4 Å². The van der Waals surface area contributed by atoms with E-state index in [4.69, 9.17) is 14.2 Å². The number of morpholine rings is 1. The van der Waals surface area contributed by atoms with Crippen molar-refractivity contribution in [2.45, 2.75) is 19.1 Å². The average molecular weight is 393 g/mol. The van der Waals surface area contributed by atoms with Crippen LogP contribution in [0.2, 0.25) is 0 Å². The van der Waals surface area contributed by atoms with Crippen molar-refractivity contribution in [3.8, 4) is 11.5 Å². The summed E-state index contributed by atoms with van der Waals surface area (Å²) in [6.07, 6.45) is -0.906. The van der Waals surface area contributed by atoms with Crippen molar-refractivity contribution >= 4 is 0 Å². The minimum Gasteiger partial charge on any atom is -0.491 e. The molecule has 2 aromatic carbocycles. The van der Waals surface area contributed by atoms with Crippen molar-refractivity contribution < 1.29 is 28.1 Å². The molecule has 7 heteroatoms. The maximum absolute atomic E-state index is 13.6. The quantitative estimate of drug-likeness (QED) is 0.748. The van der Waals surface area contributed by atoms with Crippen LogP contribution in [0.1, 0.15) is 5.56 Å². The third-order valence-corrected chi connectivity index (χ3v) is 4.54. The lowest BCUT2D eigenvalue weighted by Gasteiger charge is -2.33. The first-order valence-electron chi connectivity index (χ1n) is 9.29. The van der Waals surface area contributed by atoms with Gasteiger partial charge in [-0.05, 0) is 30.7 Å². The molecule has 3 rings (SSSR count). The molecule has 0 saturated carbocycles. The molecule has 0 bridgehead atoms. The second kappa shape index (κ2) is 9.82. The maximum atomic E-state index is 13.6. The molecule has 2 atom stereocenters. The highest BCUT2D eigenvalue weighted by molar-refractivity contribution is 5.31. The third-order valence-electron chi connectivity index (χ3n) is 4.54. The summed E-state index contributed by atoms with van der Waals surface area (Å²) in [6.45, 7) is 4.46. The van der Waals surface area contributed by atoms with E-state index in [1.54, 1.807) is 0 Å². The Morgan fingerprint density at radius 2 is 2.00 bits per heavy atom. The number of aliphatic hydroxyl groups excluding tert-OH is 1. The summed E-state index contributed by atoms with van der Waals surface area (Å²) in [5.41, 5.74) is 1.02. The Morgan fingerprint density at radius 1 is 1.18 bits per heavy atom. The van der Waals surface area contributed by atoms with Crippen LogP contribution in [-0.2, 0) is 4.74 Å². The molecule has 1 saturated heterocycles. The lowest BCUT2D eigenvalue weighted by Crippen LogP contribution is -2.48. The molecule has 0 spiro atoms. The van der Waals surface area contributed by atoms with Crippen LogP contribution in [-0.4, -0.2) is 61.7 Å². The molecule has 28 heavy (non-hydrogen) atoms. The van der Waals surface area contributed by atoms with E-state index in [1.165, 1.54) is 6.07 Å². The van der Waals surface area contributed by atoms with Crippen LogP contribution in [0, 0.1) is 18.6 Å². The summed E-state index contributed by atoms with van der Waals surface area (Å²) in [5.74, 6) is -0.631. The molecule has 1 N–H and O–H groups in total. The Kier molecular flexibility index (Phi) is 7.19. The van der Waals surface area contributed by atoms with Crippen LogP contribution in [0.5, 0.6) is 11.5 Å². The first-order chi connectivity index (χ1) is 13.5. The van der Waals surface area contributed by atoms with Gasteiger partial charge in [-0.1, -0.05) is 18.2 Å².